The Kier molecular flexibility index (Phi) is 4.51. The monoisotopic (exact) mass is 429 g/mol. The number of hydrogen-bond donors (Lipinski definition) is 1. The first kappa shape index (κ1) is 19.3. The number of carbonyl (C=O) groups excluding carboxylic acids is 1. The van der Waals surface area contributed by atoms with Crippen molar-refractivity contribution in [2.75, 3.05) is 24.8 Å². The third-order valence-corrected chi connectivity index (χ3v) is 5.51. The summed E-state index contributed by atoms with van der Waals surface area (Å²) >= 11 is 0. The summed E-state index contributed by atoms with van der Waals surface area (Å²) in [6, 6.07) is 7.09. The molecule has 1 N–H and O–H groups in total. The second-order valence-corrected chi connectivity index (χ2v) is 7.25. The number of aromatic nitrogens is 1. The van der Waals surface area contributed by atoms with E-state index in [9.17, 15) is 23.5 Å². The summed E-state index contributed by atoms with van der Waals surface area (Å²) in [6.45, 7) is 0.634. The number of morpholine rings is 1. The summed E-state index contributed by atoms with van der Waals surface area (Å²) in [5.74, 6) is -2.87. The number of aromatic hydroxyl groups is 1. The second-order valence-electron chi connectivity index (χ2n) is 7.25. The number of halogens is 2. The fraction of sp³-hybridized carbons (Fsp3) is 0.238. The van der Waals surface area contributed by atoms with Crippen molar-refractivity contribution in [3.8, 4) is 5.75 Å². The molecule has 1 amide bonds. The first-order valence-electron chi connectivity index (χ1n) is 9.57. The predicted molar refractivity (Wildman–Crippen MR) is 103 cm³/mol. The maximum Gasteiger partial charge on any atom is 0.278 e. The Morgan fingerprint density at radius 2 is 1.97 bits per heavy atom. The lowest BCUT2D eigenvalue weighted by atomic mass is 10.0. The van der Waals surface area contributed by atoms with Crippen LogP contribution < -0.4 is 10.4 Å². The van der Waals surface area contributed by atoms with Gasteiger partial charge in [-0.05, 0) is 29.8 Å². The molecule has 31 heavy (non-hydrogen) atoms. The van der Waals surface area contributed by atoms with Crippen LogP contribution in [0.15, 0.2) is 58.1 Å². The van der Waals surface area contributed by atoms with Gasteiger partial charge in [-0.25, -0.2) is 8.78 Å². The number of rotatable bonds is 3. The lowest BCUT2D eigenvalue weighted by Crippen LogP contribution is -2.66. The predicted octanol–water partition coefficient (Wildman–Crippen LogP) is 1.96. The van der Waals surface area contributed by atoms with Crippen LogP contribution in [0.2, 0.25) is 0 Å². The molecular formula is C21H17F2N3O5. The quantitative estimate of drug-likeness (QED) is 0.685. The molecule has 10 heteroatoms. The zero-order valence-corrected chi connectivity index (χ0v) is 16.1. The summed E-state index contributed by atoms with van der Waals surface area (Å²) in [6.07, 6.45) is 2.15. The maximum absolute atomic E-state index is 14.2. The van der Waals surface area contributed by atoms with E-state index in [1.165, 1.54) is 28.1 Å². The maximum atomic E-state index is 14.2. The summed E-state index contributed by atoms with van der Waals surface area (Å²) < 4.78 is 40.4. The molecule has 1 saturated heterocycles. The van der Waals surface area contributed by atoms with E-state index in [-0.39, 0.29) is 25.5 Å². The number of hydrogen-bond acceptors (Lipinski definition) is 6. The van der Waals surface area contributed by atoms with Gasteiger partial charge in [-0.1, -0.05) is 6.07 Å². The molecule has 3 aromatic rings. The first-order valence-corrected chi connectivity index (χ1v) is 9.57. The normalized spacial score (nSPS) is 19.2. The molecule has 1 fully saturated rings. The average molecular weight is 429 g/mol. The molecule has 0 spiro atoms. The van der Waals surface area contributed by atoms with Crippen LogP contribution in [0, 0.1) is 11.6 Å². The van der Waals surface area contributed by atoms with Gasteiger partial charge in [-0.3, -0.25) is 19.3 Å². The van der Waals surface area contributed by atoms with Gasteiger partial charge < -0.3 is 19.2 Å². The molecule has 1 aromatic carbocycles. The third kappa shape index (κ3) is 2.98. The summed E-state index contributed by atoms with van der Waals surface area (Å²) in [7, 11) is 0. The van der Waals surface area contributed by atoms with Crippen LogP contribution in [0.1, 0.15) is 27.9 Å². The van der Waals surface area contributed by atoms with Crippen molar-refractivity contribution in [1.29, 1.82) is 0 Å². The van der Waals surface area contributed by atoms with Crippen LogP contribution in [0.4, 0.5) is 8.78 Å². The highest BCUT2D eigenvalue weighted by Gasteiger charge is 2.45. The highest BCUT2D eigenvalue weighted by molar-refractivity contribution is 5.96. The fourth-order valence-electron chi connectivity index (χ4n) is 4.11. The van der Waals surface area contributed by atoms with Crippen LogP contribution in [-0.4, -0.2) is 46.5 Å². The van der Waals surface area contributed by atoms with Crippen LogP contribution in [0.25, 0.3) is 0 Å². The number of amides is 1. The number of nitrogens with zero attached hydrogens (tertiary/aromatic N) is 3. The molecule has 160 valence electrons. The van der Waals surface area contributed by atoms with E-state index in [4.69, 9.17) is 9.15 Å². The molecule has 8 nitrogen and oxygen atoms in total. The Morgan fingerprint density at radius 1 is 1.13 bits per heavy atom. The van der Waals surface area contributed by atoms with Gasteiger partial charge in [0.15, 0.2) is 23.1 Å². The van der Waals surface area contributed by atoms with Crippen LogP contribution in [-0.2, 0) is 4.74 Å². The summed E-state index contributed by atoms with van der Waals surface area (Å²) in [5, 5.41) is 12.1. The van der Waals surface area contributed by atoms with Crippen molar-refractivity contribution in [3.63, 3.8) is 0 Å². The average Bonchev–Trinajstić information content (AvgIpc) is 3.30. The van der Waals surface area contributed by atoms with Gasteiger partial charge in [0.05, 0.1) is 19.5 Å². The van der Waals surface area contributed by atoms with E-state index < -0.39 is 40.9 Å². The second kappa shape index (κ2) is 7.24. The van der Waals surface area contributed by atoms with E-state index in [1.54, 1.807) is 17.1 Å². The Labute approximate surface area is 174 Å². The number of benzene rings is 1. The van der Waals surface area contributed by atoms with Crippen molar-refractivity contribution < 1.29 is 27.8 Å². The Morgan fingerprint density at radius 3 is 2.71 bits per heavy atom. The molecule has 2 aliphatic rings. The molecule has 0 saturated carbocycles. The molecule has 5 rings (SSSR count). The zero-order chi connectivity index (χ0) is 21.7. The minimum atomic E-state index is -1.04. The van der Waals surface area contributed by atoms with Crippen molar-refractivity contribution in [1.82, 2.24) is 9.58 Å². The van der Waals surface area contributed by atoms with Crippen LogP contribution >= 0.6 is 0 Å². The SMILES string of the molecule is O=C1c2c(O)c(=O)ccn2N([C@H](c2ccc(F)c(F)c2)c2ccco2)[C@@H]2COCCN12. The highest BCUT2D eigenvalue weighted by Crippen LogP contribution is 2.36. The van der Waals surface area contributed by atoms with E-state index >= 15 is 0 Å². The summed E-state index contributed by atoms with van der Waals surface area (Å²) in [5.41, 5.74) is -0.573. The van der Waals surface area contributed by atoms with E-state index in [1.807, 2.05) is 0 Å². The van der Waals surface area contributed by atoms with Gasteiger partial charge in [0.1, 0.15) is 18.0 Å². The summed E-state index contributed by atoms with van der Waals surface area (Å²) in [4.78, 5) is 26.7. The molecule has 2 aliphatic heterocycles. The van der Waals surface area contributed by atoms with Crippen molar-refractivity contribution >= 4 is 5.91 Å². The third-order valence-electron chi connectivity index (χ3n) is 5.51. The van der Waals surface area contributed by atoms with E-state index in [0.29, 0.717) is 11.3 Å². The van der Waals surface area contributed by atoms with Crippen LogP contribution in [0.3, 0.4) is 0 Å². The molecule has 0 radical (unpaired) electrons. The molecule has 4 heterocycles. The standard InChI is InChI=1S/C21H17F2N3O5/c22-13-4-3-12(10-14(13)23)18(16-2-1-8-31-16)26-17-11-30-9-7-24(17)21(29)19-20(28)15(27)5-6-25(19)26/h1-6,8,10,17-18,28H,7,9,11H2/t17-,18-/m1/s1. The number of ether oxygens (including phenoxy) is 1. The minimum absolute atomic E-state index is 0.124. The van der Waals surface area contributed by atoms with Gasteiger partial charge in [0.2, 0.25) is 5.43 Å². The first-order chi connectivity index (χ1) is 15.0. The Bertz CT molecular complexity index is 1210. The minimum Gasteiger partial charge on any atom is -0.502 e. The smallest absolute Gasteiger partial charge is 0.278 e. The molecule has 0 aliphatic carbocycles. The largest absolute Gasteiger partial charge is 0.502 e. The lowest BCUT2D eigenvalue weighted by Gasteiger charge is -2.50. The van der Waals surface area contributed by atoms with Crippen LogP contribution in [0.5, 0.6) is 5.75 Å². The van der Waals surface area contributed by atoms with Crippen molar-refractivity contribution in [2.24, 2.45) is 0 Å². The number of carbonyl (C=O) groups is 1. The molecular weight excluding hydrogens is 412 g/mol. The van der Waals surface area contributed by atoms with E-state index in [0.717, 1.165) is 18.2 Å². The van der Waals surface area contributed by atoms with Crippen molar-refractivity contribution in [2.45, 2.75) is 12.2 Å². The fourth-order valence-corrected chi connectivity index (χ4v) is 4.11. The highest BCUT2D eigenvalue weighted by atomic mass is 19.2. The number of pyridine rings is 1. The van der Waals surface area contributed by atoms with E-state index in [2.05, 4.69) is 0 Å². The van der Waals surface area contributed by atoms with Gasteiger partial charge in [-0.2, -0.15) is 0 Å². The molecule has 0 unspecified atom stereocenters. The zero-order valence-electron chi connectivity index (χ0n) is 16.1. The molecule has 0 bridgehead atoms. The molecule has 2 aromatic heterocycles. The molecule has 2 atom stereocenters. The van der Waals surface area contributed by atoms with Gasteiger partial charge in [-0.15, -0.1) is 0 Å². The number of fused-ring (bicyclic) bond motifs is 2. The van der Waals surface area contributed by atoms with Gasteiger partial charge in [0.25, 0.3) is 5.91 Å². The van der Waals surface area contributed by atoms with Crippen molar-refractivity contribution in [3.05, 3.63) is 87.7 Å². The number of furan rings is 1. The Balaban J connectivity index is 1.77. The van der Waals surface area contributed by atoms with Gasteiger partial charge in [0, 0.05) is 18.8 Å². The topological polar surface area (TPSA) is 88.2 Å². The Hall–Kier alpha value is -3.66. The van der Waals surface area contributed by atoms with Gasteiger partial charge >= 0.3 is 0 Å². The lowest BCUT2D eigenvalue weighted by molar-refractivity contribution is -0.0203.